The summed E-state index contributed by atoms with van der Waals surface area (Å²) in [6.45, 7) is 7.09. The molecule has 138 valence electrons. The van der Waals surface area contributed by atoms with Crippen LogP contribution in [0.1, 0.15) is 41.5 Å². The Labute approximate surface area is 152 Å². The molecular formula is C19H24N4O3. The first kappa shape index (κ1) is 18.1. The quantitative estimate of drug-likeness (QED) is 0.914. The van der Waals surface area contributed by atoms with Crippen LogP contribution in [0.15, 0.2) is 18.2 Å². The monoisotopic (exact) mass is 356 g/mol. The van der Waals surface area contributed by atoms with Gasteiger partial charge in [-0.1, -0.05) is 0 Å². The highest BCUT2D eigenvalue weighted by Crippen LogP contribution is 2.18. The third kappa shape index (κ3) is 3.92. The number of hydrogen-bond acceptors (Lipinski definition) is 5. The molecule has 1 N–H and O–H groups in total. The number of nitrogens with one attached hydrogen (secondary N) is 1. The summed E-state index contributed by atoms with van der Waals surface area (Å²) in [5, 5.41) is 2.82. The molecular weight excluding hydrogens is 332 g/mol. The molecule has 0 bridgehead atoms. The number of amides is 2. The minimum Gasteiger partial charge on any atom is -0.450 e. The van der Waals surface area contributed by atoms with E-state index in [4.69, 9.17) is 4.74 Å². The van der Waals surface area contributed by atoms with Crippen LogP contribution in [0, 0.1) is 13.8 Å². The van der Waals surface area contributed by atoms with Gasteiger partial charge in [0.1, 0.15) is 0 Å². The van der Waals surface area contributed by atoms with Crippen molar-refractivity contribution >= 4 is 23.0 Å². The van der Waals surface area contributed by atoms with Crippen molar-refractivity contribution in [1.82, 2.24) is 20.2 Å². The van der Waals surface area contributed by atoms with Crippen LogP contribution in [0.25, 0.3) is 11.0 Å². The van der Waals surface area contributed by atoms with Gasteiger partial charge in [0.15, 0.2) is 0 Å². The zero-order valence-electron chi connectivity index (χ0n) is 15.4. The van der Waals surface area contributed by atoms with Gasteiger partial charge in [-0.15, -0.1) is 0 Å². The van der Waals surface area contributed by atoms with Crippen LogP contribution in [-0.2, 0) is 4.74 Å². The molecule has 1 fully saturated rings. The van der Waals surface area contributed by atoms with Gasteiger partial charge in [-0.3, -0.25) is 4.79 Å². The Balaban J connectivity index is 1.74. The van der Waals surface area contributed by atoms with E-state index in [0.717, 1.165) is 35.3 Å². The molecule has 1 aromatic carbocycles. The third-order valence-electron chi connectivity index (χ3n) is 4.63. The Kier molecular flexibility index (Phi) is 5.35. The lowest BCUT2D eigenvalue weighted by atomic mass is 10.0. The molecule has 1 saturated heterocycles. The summed E-state index contributed by atoms with van der Waals surface area (Å²) >= 11 is 0. The molecule has 0 radical (unpaired) electrons. The molecule has 26 heavy (non-hydrogen) atoms. The second-order valence-electron chi connectivity index (χ2n) is 6.55. The molecule has 2 aromatic rings. The number of hydrogen-bond donors (Lipinski definition) is 1. The number of rotatable bonds is 3. The fraction of sp³-hybridized carbons (Fsp3) is 0.474. The fourth-order valence-corrected chi connectivity index (χ4v) is 3.17. The standard InChI is InChI=1S/C19H24N4O3/c1-4-26-19(25)22-15-6-5-9-23(11-15)18(24)14-7-8-16-17(10-14)21-13(3)12(2)20-16/h7-8,10,15H,4-6,9,11H2,1-3H3,(H,22,25). The molecule has 1 unspecified atom stereocenters. The van der Waals surface area contributed by atoms with Crippen molar-refractivity contribution < 1.29 is 14.3 Å². The Morgan fingerprint density at radius 2 is 1.96 bits per heavy atom. The minimum atomic E-state index is -0.432. The molecule has 2 amide bonds. The van der Waals surface area contributed by atoms with Crippen LogP contribution in [0.4, 0.5) is 4.79 Å². The van der Waals surface area contributed by atoms with Gasteiger partial charge in [0.2, 0.25) is 0 Å². The summed E-state index contributed by atoms with van der Waals surface area (Å²) in [5.74, 6) is -0.0534. The average Bonchev–Trinajstić information content (AvgIpc) is 2.62. The van der Waals surface area contributed by atoms with Crippen molar-refractivity contribution in [2.75, 3.05) is 19.7 Å². The van der Waals surface area contributed by atoms with Gasteiger partial charge >= 0.3 is 6.09 Å². The molecule has 1 aliphatic rings. The number of benzene rings is 1. The summed E-state index contributed by atoms with van der Waals surface area (Å²) in [5.41, 5.74) is 3.84. The first-order valence-corrected chi connectivity index (χ1v) is 8.95. The van der Waals surface area contributed by atoms with Crippen LogP contribution in [0.3, 0.4) is 0 Å². The van der Waals surface area contributed by atoms with Crippen molar-refractivity contribution in [3.63, 3.8) is 0 Å². The van der Waals surface area contributed by atoms with Gasteiger partial charge in [-0.05, 0) is 51.8 Å². The molecule has 1 atom stereocenters. The lowest BCUT2D eigenvalue weighted by Crippen LogP contribution is -2.49. The van der Waals surface area contributed by atoms with Crippen molar-refractivity contribution in [3.8, 4) is 0 Å². The highest BCUT2D eigenvalue weighted by molar-refractivity contribution is 5.97. The van der Waals surface area contributed by atoms with E-state index in [2.05, 4.69) is 15.3 Å². The SMILES string of the molecule is CCOC(=O)NC1CCCN(C(=O)c2ccc3nc(C)c(C)nc3c2)C1. The lowest BCUT2D eigenvalue weighted by molar-refractivity contribution is 0.0686. The van der Waals surface area contributed by atoms with Gasteiger partial charge in [-0.2, -0.15) is 0 Å². The van der Waals surface area contributed by atoms with Gasteiger partial charge in [-0.25, -0.2) is 14.8 Å². The second-order valence-corrected chi connectivity index (χ2v) is 6.55. The number of alkyl carbamates (subject to hydrolysis) is 1. The zero-order valence-corrected chi connectivity index (χ0v) is 15.4. The number of aromatic nitrogens is 2. The molecule has 0 saturated carbocycles. The smallest absolute Gasteiger partial charge is 0.407 e. The van der Waals surface area contributed by atoms with E-state index in [0.29, 0.717) is 25.3 Å². The highest BCUT2D eigenvalue weighted by Gasteiger charge is 2.26. The van der Waals surface area contributed by atoms with Crippen LogP contribution >= 0.6 is 0 Å². The fourth-order valence-electron chi connectivity index (χ4n) is 3.17. The molecule has 7 nitrogen and oxygen atoms in total. The van der Waals surface area contributed by atoms with Gasteiger partial charge in [0.25, 0.3) is 5.91 Å². The maximum Gasteiger partial charge on any atom is 0.407 e. The molecule has 2 heterocycles. The van der Waals surface area contributed by atoms with Gasteiger partial charge in [0.05, 0.1) is 29.0 Å². The topological polar surface area (TPSA) is 84.4 Å². The minimum absolute atomic E-state index is 0.0534. The predicted octanol–water partition coefficient (Wildman–Crippen LogP) is 2.60. The number of likely N-dealkylation sites (tertiary alicyclic amines) is 1. The van der Waals surface area contributed by atoms with Crippen LogP contribution in [0.5, 0.6) is 0 Å². The van der Waals surface area contributed by atoms with Gasteiger partial charge in [0, 0.05) is 24.7 Å². The van der Waals surface area contributed by atoms with E-state index in [-0.39, 0.29) is 11.9 Å². The Hall–Kier alpha value is -2.70. The van der Waals surface area contributed by atoms with Crippen molar-refractivity contribution in [1.29, 1.82) is 0 Å². The third-order valence-corrected chi connectivity index (χ3v) is 4.63. The first-order valence-electron chi connectivity index (χ1n) is 8.95. The zero-order chi connectivity index (χ0) is 18.7. The number of ether oxygens (including phenoxy) is 1. The number of carbonyl (C=O) groups excluding carboxylic acids is 2. The van der Waals surface area contributed by atoms with E-state index < -0.39 is 6.09 Å². The van der Waals surface area contributed by atoms with Crippen LogP contribution in [0.2, 0.25) is 0 Å². The Bertz CT molecular complexity index is 837. The maximum absolute atomic E-state index is 12.9. The summed E-state index contributed by atoms with van der Waals surface area (Å²) in [7, 11) is 0. The second kappa shape index (κ2) is 7.68. The Morgan fingerprint density at radius 3 is 2.69 bits per heavy atom. The molecule has 1 aliphatic heterocycles. The average molecular weight is 356 g/mol. The summed E-state index contributed by atoms with van der Waals surface area (Å²) in [4.78, 5) is 35.3. The number of nitrogens with zero attached hydrogens (tertiary/aromatic N) is 3. The highest BCUT2D eigenvalue weighted by atomic mass is 16.5. The summed E-state index contributed by atoms with van der Waals surface area (Å²) in [6.07, 6.45) is 1.25. The number of carbonyl (C=O) groups is 2. The van der Waals surface area contributed by atoms with E-state index in [1.807, 2.05) is 19.9 Å². The lowest BCUT2D eigenvalue weighted by Gasteiger charge is -2.33. The normalized spacial score (nSPS) is 17.2. The van der Waals surface area contributed by atoms with Crippen molar-refractivity contribution in [2.45, 2.75) is 39.7 Å². The van der Waals surface area contributed by atoms with E-state index in [1.54, 1.807) is 24.0 Å². The van der Waals surface area contributed by atoms with Crippen LogP contribution in [-0.4, -0.2) is 52.6 Å². The molecule has 0 aliphatic carbocycles. The van der Waals surface area contributed by atoms with Crippen LogP contribution < -0.4 is 5.32 Å². The first-order chi connectivity index (χ1) is 12.5. The largest absolute Gasteiger partial charge is 0.450 e. The molecule has 0 spiro atoms. The molecule has 3 rings (SSSR count). The van der Waals surface area contributed by atoms with Gasteiger partial charge < -0.3 is 15.0 Å². The van der Waals surface area contributed by atoms with Crippen molar-refractivity contribution in [2.24, 2.45) is 0 Å². The summed E-state index contributed by atoms with van der Waals surface area (Å²) < 4.78 is 4.93. The summed E-state index contributed by atoms with van der Waals surface area (Å²) in [6, 6.07) is 5.33. The maximum atomic E-state index is 12.9. The Morgan fingerprint density at radius 1 is 1.23 bits per heavy atom. The van der Waals surface area contributed by atoms with E-state index >= 15 is 0 Å². The van der Waals surface area contributed by atoms with Crippen molar-refractivity contribution in [3.05, 3.63) is 35.2 Å². The number of fused-ring (bicyclic) bond motifs is 1. The van der Waals surface area contributed by atoms with E-state index in [9.17, 15) is 9.59 Å². The molecule has 1 aromatic heterocycles. The van der Waals surface area contributed by atoms with E-state index in [1.165, 1.54) is 0 Å². The number of piperidine rings is 1. The number of aryl methyl sites for hydroxylation is 2. The predicted molar refractivity (Wildman–Crippen MR) is 98.1 cm³/mol. The molecule has 7 heteroatoms.